The molecular weight excluding hydrogens is 607 g/mol. The molecule has 246 valence electrons. The maximum absolute atomic E-state index is 4.78. The zero-order valence-electron chi connectivity index (χ0n) is 29.8. The van der Waals surface area contributed by atoms with E-state index in [1.165, 1.54) is 66.8 Å². The van der Waals surface area contributed by atoms with Crippen molar-refractivity contribution >= 4 is 17.2 Å². The number of benzene rings is 6. The second-order valence-electron chi connectivity index (χ2n) is 13.5. The highest BCUT2D eigenvalue weighted by Gasteiger charge is 2.25. The van der Waals surface area contributed by atoms with E-state index in [9.17, 15) is 0 Å². The molecule has 0 fully saturated rings. The van der Waals surface area contributed by atoms with Gasteiger partial charge in [-0.2, -0.15) is 0 Å². The highest BCUT2D eigenvalue weighted by molar-refractivity contribution is 5.86. The number of hydrogen-bond acceptors (Lipinski definition) is 3. The first kappa shape index (κ1) is 32.7. The third-order valence-corrected chi connectivity index (χ3v) is 9.74. The van der Waals surface area contributed by atoms with Crippen molar-refractivity contribution in [3.63, 3.8) is 0 Å². The fourth-order valence-electron chi connectivity index (χ4n) is 7.82. The van der Waals surface area contributed by atoms with Crippen LogP contribution in [0.1, 0.15) is 56.0 Å². The van der Waals surface area contributed by atoms with Crippen LogP contribution in [0, 0.1) is 41.5 Å². The topological polar surface area (TPSA) is 29.0 Å². The van der Waals surface area contributed by atoms with Gasteiger partial charge in [0.05, 0.1) is 6.20 Å². The lowest BCUT2D eigenvalue weighted by Gasteiger charge is -2.28. The lowest BCUT2D eigenvalue weighted by Crippen LogP contribution is -2.14. The summed E-state index contributed by atoms with van der Waals surface area (Å²) >= 11 is 0. The predicted octanol–water partition coefficient (Wildman–Crippen LogP) is 12.3. The Bertz CT molecular complexity index is 2170. The molecule has 0 spiro atoms. The van der Waals surface area contributed by atoms with Crippen LogP contribution in [0.5, 0.6) is 0 Å². The third-order valence-electron chi connectivity index (χ3n) is 9.74. The van der Waals surface area contributed by atoms with Gasteiger partial charge in [0.1, 0.15) is 0 Å². The van der Waals surface area contributed by atoms with Gasteiger partial charge in [-0.15, -0.1) is 0 Å². The monoisotopic (exact) mass is 649 g/mol. The van der Waals surface area contributed by atoms with E-state index in [0.29, 0.717) is 0 Å². The SMILES string of the molecule is Cc1cc(C)c(C(c2ccc(N(c3cccc(-c4ccccc4-c4ccccc4)c3)c3cnccn3)cc2)c2c(C)cc(C)cc2C)c(C)c1. The normalized spacial score (nSPS) is 11.2. The molecule has 0 bridgehead atoms. The summed E-state index contributed by atoms with van der Waals surface area (Å²) in [6, 6.07) is 46.3. The Hall–Kier alpha value is -5.80. The number of anilines is 3. The second kappa shape index (κ2) is 14.0. The van der Waals surface area contributed by atoms with Gasteiger partial charge >= 0.3 is 0 Å². The minimum Gasteiger partial charge on any atom is -0.294 e. The maximum atomic E-state index is 4.78. The van der Waals surface area contributed by atoms with Gasteiger partial charge in [-0.3, -0.25) is 9.88 Å². The van der Waals surface area contributed by atoms with Crippen LogP contribution in [-0.2, 0) is 0 Å². The van der Waals surface area contributed by atoms with Crippen LogP contribution in [0.15, 0.2) is 146 Å². The standard InChI is InChI=1S/C47H43N3/c1-31-25-33(3)45(34(4)26-31)47(46-35(5)27-32(2)28-36(46)6)38-19-21-40(22-20-38)50(44-30-48-23-24-49-44)41-16-12-15-39(29-41)43-18-11-10-17-42(43)37-13-8-7-9-14-37/h7-30,47H,1-6H3. The van der Waals surface area contributed by atoms with E-state index >= 15 is 0 Å². The van der Waals surface area contributed by atoms with Crippen molar-refractivity contribution in [2.24, 2.45) is 0 Å². The van der Waals surface area contributed by atoms with Crippen LogP contribution in [0.4, 0.5) is 17.2 Å². The first-order chi connectivity index (χ1) is 24.3. The molecule has 3 nitrogen and oxygen atoms in total. The molecule has 1 aromatic heterocycles. The van der Waals surface area contributed by atoms with Crippen molar-refractivity contribution in [1.82, 2.24) is 9.97 Å². The number of aromatic nitrogens is 2. The highest BCUT2D eigenvalue weighted by Crippen LogP contribution is 2.42. The zero-order chi connectivity index (χ0) is 34.8. The molecule has 50 heavy (non-hydrogen) atoms. The van der Waals surface area contributed by atoms with Crippen LogP contribution < -0.4 is 4.90 Å². The van der Waals surface area contributed by atoms with E-state index in [-0.39, 0.29) is 5.92 Å². The molecule has 3 heteroatoms. The lowest BCUT2D eigenvalue weighted by atomic mass is 9.77. The van der Waals surface area contributed by atoms with Crippen LogP contribution in [0.3, 0.4) is 0 Å². The van der Waals surface area contributed by atoms with Crippen LogP contribution in [-0.4, -0.2) is 9.97 Å². The fraction of sp³-hybridized carbons (Fsp3) is 0.149. The first-order valence-corrected chi connectivity index (χ1v) is 17.3. The molecule has 0 aliphatic carbocycles. The van der Waals surface area contributed by atoms with Gasteiger partial charge < -0.3 is 0 Å². The van der Waals surface area contributed by atoms with E-state index in [1.54, 1.807) is 12.4 Å². The summed E-state index contributed by atoms with van der Waals surface area (Å²) in [5.74, 6) is 0.869. The predicted molar refractivity (Wildman–Crippen MR) is 210 cm³/mol. The van der Waals surface area contributed by atoms with Gasteiger partial charge in [0.15, 0.2) is 5.82 Å². The Morgan fingerprint density at radius 2 is 1.02 bits per heavy atom. The Morgan fingerprint density at radius 3 is 1.58 bits per heavy atom. The van der Waals surface area contributed by atoms with Crippen molar-refractivity contribution in [3.8, 4) is 22.3 Å². The van der Waals surface area contributed by atoms with Crippen molar-refractivity contribution < 1.29 is 0 Å². The first-order valence-electron chi connectivity index (χ1n) is 17.3. The van der Waals surface area contributed by atoms with Crippen molar-refractivity contribution in [3.05, 3.63) is 196 Å². The number of hydrogen-bond donors (Lipinski definition) is 0. The summed E-state index contributed by atoms with van der Waals surface area (Å²) < 4.78 is 0. The largest absolute Gasteiger partial charge is 0.294 e. The molecule has 0 unspecified atom stereocenters. The van der Waals surface area contributed by atoms with Crippen molar-refractivity contribution in [1.29, 1.82) is 0 Å². The third kappa shape index (κ3) is 6.47. The van der Waals surface area contributed by atoms with E-state index in [1.807, 2.05) is 6.20 Å². The minimum absolute atomic E-state index is 0.105. The fourth-order valence-corrected chi connectivity index (χ4v) is 7.82. The van der Waals surface area contributed by atoms with E-state index in [4.69, 9.17) is 4.98 Å². The van der Waals surface area contributed by atoms with E-state index in [2.05, 4.69) is 179 Å². The van der Waals surface area contributed by atoms with Crippen LogP contribution >= 0.6 is 0 Å². The smallest absolute Gasteiger partial charge is 0.156 e. The summed E-state index contributed by atoms with van der Waals surface area (Å²) in [6.45, 7) is 13.4. The maximum Gasteiger partial charge on any atom is 0.156 e. The average molecular weight is 650 g/mol. The quantitative estimate of drug-likeness (QED) is 0.153. The van der Waals surface area contributed by atoms with Crippen LogP contribution in [0.2, 0.25) is 0 Å². The molecule has 0 saturated carbocycles. The lowest BCUT2D eigenvalue weighted by molar-refractivity contribution is 0.919. The zero-order valence-corrected chi connectivity index (χ0v) is 29.8. The molecule has 0 aliphatic rings. The number of nitrogens with zero attached hydrogens (tertiary/aromatic N) is 3. The van der Waals surface area contributed by atoms with Gasteiger partial charge in [-0.25, -0.2) is 4.98 Å². The number of aryl methyl sites for hydroxylation is 6. The Morgan fingerprint density at radius 1 is 0.480 bits per heavy atom. The van der Waals surface area contributed by atoms with Gasteiger partial charge in [0.25, 0.3) is 0 Å². The second-order valence-corrected chi connectivity index (χ2v) is 13.5. The van der Waals surface area contributed by atoms with Crippen molar-refractivity contribution in [2.45, 2.75) is 47.5 Å². The summed E-state index contributed by atoms with van der Waals surface area (Å²) in [5, 5.41) is 0. The molecule has 1 heterocycles. The van der Waals surface area contributed by atoms with Crippen molar-refractivity contribution in [2.75, 3.05) is 4.90 Å². The number of rotatable bonds is 8. The molecule has 0 aliphatic heterocycles. The van der Waals surface area contributed by atoms with Gasteiger partial charge in [-0.1, -0.05) is 114 Å². The summed E-state index contributed by atoms with van der Waals surface area (Å²) in [4.78, 5) is 11.4. The van der Waals surface area contributed by atoms with Gasteiger partial charge in [0.2, 0.25) is 0 Å². The summed E-state index contributed by atoms with van der Waals surface area (Å²) in [6.07, 6.45) is 5.31. The highest BCUT2D eigenvalue weighted by atomic mass is 15.2. The van der Waals surface area contributed by atoms with E-state index < -0.39 is 0 Å². The molecule has 7 rings (SSSR count). The minimum atomic E-state index is 0.105. The molecule has 0 N–H and O–H groups in total. The molecule has 0 atom stereocenters. The summed E-state index contributed by atoms with van der Waals surface area (Å²) in [7, 11) is 0. The average Bonchev–Trinajstić information content (AvgIpc) is 3.12. The van der Waals surface area contributed by atoms with Crippen LogP contribution in [0.25, 0.3) is 22.3 Å². The Kier molecular flexibility index (Phi) is 9.15. The van der Waals surface area contributed by atoms with E-state index in [0.717, 1.165) is 22.8 Å². The molecule has 6 aromatic carbocycles. The molecule has 0 saturated heterocycles. The molecule has 0 radical (unpaired) electrons. The molecule has 0 amide bonds. The Balaban J connectivity index is 1.35. The molecule has 7 aromatic rings. The van der Waals surface area contributed by atoms with Gasteiger partial charge in [-0.05, 0) is 127 Å². The summed E-state index contributed by atoms with van der Waals surface area (Å²) in [5.41, 5.74) is 18.7. The van der Waals surface area contributed by atoms with Gasteiger partial charge in [0, 0.05) is 29.7 Å². The molecular formula is C47H43N3. The Labute approximate surface area is 297 Å².